The van der Waals surface area contributed by atoms with E-state index in [4.69, 9.17) is 20.7 Å². The minimum absolute atomic E-state index is 0.108. The normalized spacial score (nSPS) is 18.6. The SMILES string of the molecule is O=S(O)OCC(CCl)OS(=O)O. The predicted molar refractivity (Wildman–Crippen MR) is 43.1 cm³/mol. The van der Waals surface area contributed by atoms with Gasteiger partial charge in [0.25, 0.3) is 0 Å². The maximum Gasteiger partial charge on any atom is 0.302 e. The molecule has 0 heterocycles. The van der Waals surface area contributed by atoms with Crippen molar-refractivity contribution in [2.45, 2.75) is 6.10 Å². The lowest BCUT2D eigenvalue weighted by Gasteiger charge is -2.09. The van der Waals surface area contributed by atoms with Crippen LogP contribution in [0.5, 0.6) is 0 Å². The summed E-state index contributed by atoms with van der Waals surface area (Å²) in [4.78, 5) is 0. The number of alkyl halides is 1. The van der Waals surface area contributed by atoms with Crippen LogP contribution in [0.4, 0.5) is 0 Å². The first-order chi connectivity index (χ1) is 5.56. The van der Waals surface area contributed by atoms with Gasteiger partial charge in [0.05, 0.1) is 12.5 Å². The van der Waals surface area contributed by atoms with Crippen molar-refractivity contribution >= 4 is 34.3 Å². The van der Waals surface area contributed by atoms with E-state index in [1.807, 2.05) is 0 Å². The number of rotatable bonds is 6. The molecule has 0 saturated heterocycles. The quantitative estimate of drug-likeness (QED) is 0.496. The molecule has 2 N–H and O–H groups in total. The highest BCUT2D eigenvalue weighted by Crippen LogP contribution is 1.99. The first kappa shape index (κ1) is 12.4. The monoisotopic (exact) mass is 238 g/mol. The van der Waals surface area contributed by atoms with Gasteiger partial charge in [-0.05, 0) is 0 Å². The zero-order valence-electron chi connectivity index (χ0n) is 5.71. The van der Waals surface area contributed by atoms with E-state index in [2.05, 4.69) is 8.37 Å². The van der Waals surface area contributed by atoms with Gasteiger partial charge in [-0.15, -0.1) is 11.6 Å². The third-order valence-corrected chi connectivity index (χ3v) is 1.86. The van der Waals surface area contributed by atoms with E-state index < -0.39 is 28.8 Å². The van der Waals surface area contributed by atoms with Crippen LogP contribution in [-0.4, -0.2) is 36.1 Å². The molecular weight excluding hydrogens is 232 g/mol. The zero-order valence-corrected chi connectivity index (χ0v) is 8.10. The summed E-state index contributed by atoms with van der Waals surface area (Å²) in [6.07, 6.45) is -0.881. The van der Waals surface area contributed by atoms with Crippen molar-refractivity contribution in [1.29, 1.82) is 0 Å². The Morgan fingerprint density at radius 1 is 1.33 bits per heavy atom. The smallest absolute Gasteiger partial charge is 0.284 e. The zero-order chi connectivity index (χ0) is 9.56. The van der Waals surface area contributed by atoms with Crippen molar-refractivity contribution < 1.29 is 25.9 Å². The molecule has 3 atom stereocenters. The summed E-state index contributed by atoms with van der Waals surface area (Å²) in [5.41, 5.74) is 0. The fraction of sp³-hybridized carbons (Fsp3) is 1.00. The molecule has 9 heteroatoms. The summed E-state index contributed by atoms with van der Waals surface area (Å²) >= 11 is 0.387. The van der Waals surface area contributed by atoms with E-state index in [1.54, 1.807) is 0 Å². The summed E-state index contributed by atoms with van der Waals surface area (Å²) in [5.74, 6) is -0.108. The summed E-state index contributed by atoms with van der Waals surface area (Å²) in [5, 5.41) is 0. The van der Waals surface area contributed by atoms with E-state index in [9.17, 15) is 8.42 Å². The molecule has 0 saturated carbocycles. The lowest BCUT2D eigenvalue weighted by Crippen LogP contribution is -2.23. The van der Waals surface area contributed by atoms with Gasteiger partial charge in [0.15, 0.2) is 0 Å². The minimum Gasteiger partial charge on any atom is -0.284 e. The molecule has 6 nitrogen and oxygen atoms in total. The Bertz CT molecular complexity index is 174. The summed E-state index contributed by atoms with van der Waals surface area (Å²) in [6.45, 7) is -0.321. The highest BCUT2D eigenvalue weighted by Gasteiger charge is 2.12. The van der Waals surface area contributed by atoms with Gasteiger partial charge >= 0.3 is 22.7 Å². The Hall–Kier alpha value is 0.430. The highest BCUT2D eigenvalue weighted by molar-refractivity contribution is 7.74. The third-order valence-electron chi connectivity index (χ3n) is 0.745. The van der Waals surface area contributed by atoms with E-state index in [0.29, 0.717) is 0 Å². The van der Waals surface area contributed by atoms with Gasteiger partial charge < -0.3 is 0 Å². The molecule has 0 aromatic carbocycles. The van der Waals surface area contributed by atoms with Gasteiger partial charge in [0, 0.05) is 0 Å². The maximum absolute atomic E-state index is 10.0. The predicted octanol–water partition coefficient (Wildman–Crippen LogP) is -0.0996. The van der Waals surface area contributed by atoms with Crippen molar-refractivity contribution in [3.8, 4) is 0 Å². The highest BCUT2D eigenvalue weighted by atomic mass is 35.5. The third kappa shape index (κ3) is 7.10. The van der Waals surface area contributed by atoms with Crippen LogP contribution < -0.4 is 0 Å². The second-order valence-corrected chi connectivity index (χ2v) is 3.20. The second kappa shape index (κ2) is 6.89. The Labute approximate surface area is 79.2 Å². The molecule has 0 rings (SSSR count). The molecule has 0 aliphatic heterocycles. The first-order valence-corrected chi connectivity index (χ1v) is 5.24. The molecule has 0 aliphatic carbocycles. The van der Waals surface area contributed by atoms with Gasteiger partial charge in [0.2, 0.25) is 0 Å². The van der Waals surface area contributed by atoms with E-state index in [-0.39, 0.29) is 12.5 Å². The Kier molecular flexibility index (Phi) is 7.14. The molecule has 0 spiro atoms. The number of hydrogen-bond donors (Lipinski definition) is 2. The van der Waals surface area contributed by atoms with Crippen LogP contribution in [0, 0.1) is 0 Å². The summed E-state index contributed by atoms with van der Waals surface area (Å²) < 4.78 is 44.8. The summed E-state index contributed by atoms with van der Waals surface area (Å²) in [7, 11) is 0. The van der Waals surface area contributed by atoms with Crippen molar-refractivity contribution in [1.82, 2.24) is 0 Å². The first-order valence-electron chi connectivity index (χ1n) is 2.64. The van der Waals surface area contributed by atoms with Crippen molar-refractivity contribution in [3.63, 3.8) is 0 Å². The van der Waals surface area contributed by atoms with E-state index >= 15 is 0 Å². The molecule has 3 unspecified atom stereocenters. The molecule has 0 aromatic rings. The van der Waals surface area contributed by atoms with Gasteiger partial charge in [-0.1, -0.05) is 0 Å². The number of hydrogen-bond acceptors (Lipinski definition) is 4. The van der Waals surface area contributed by atoms with Crippen LogP contribution in [0.15, 0.2) is 0 Å². The van der Waals surface area contributed by atoms with Crippen LogP contribution in [0.3, 0.4) is 0 Å². The molecule has 0 aliphatic rings. The van der Waals surface area contributed by atoms with Crippen molar-refractivity contribution in [2.24, 2.45) is 0 Å². The molecular formula is C3H7ClO6S2. The molecule has 0 bridgehead atoms. The minimum atomic E-state index is -2.46. The second-order valence-electron chi connectivity index (χ2n) is 1.59. The molecule has 12 heavy (non-hydrogen) atoms. The van der Waals surface area contributed by atoms with Gasteiger partial charge in [-0.2, -0.15) is 8.42 Å². The van der Waals surface area contributed by atoms with Crippen molar-refractivity contribution in [3.05, 3.63) is 0 Å². The van der Waals surface area contributed by atoms with Crippen LogP contribution in [0.2, 0.25) is 0 Å². The molecule has 0 aromatic heterocycles. The lowest BCUT2D eigenvalue weighted by atomic mass is 10.4. The largest absolute Gasteiger partial charge is 0.302 e. The maximum atomic E-state index is 10.0. The molecule has 0 radical (unpaired) electrons. The fourth-order valence-electron chi connectivity index (χ4n) is 0.349. The van der Waals surface area contributed by atoms with Crippen LogP contribution in [0.25, 0.3) is 0 Å². The van der Waals surface area contributed by atoms with Gasteiger partial charge in [-0.3, -0.25) is 17.5 Å². The molecule has 74 valence electrons. The van der Waals surface area contributed by atoms with Crippen LogP contribution in [0.1, 0.15) is 0 Å². The van der Waals surface area contributed by atoms with Crippen LogP contribution >= 0.6 is 11.6 Å². The lowest BCUT2D eigenvalue weighted by molar-refractivity contribution is 0.150. The van der Waals surface area contributed by atoms with E-state index in [0.717, 1.165) is 0 Å². The van der Waals surface area contributed by atoms with Gasteiger partial charge in [-0.25, -0.2) is 0 Å². The van der Waals surface area contributed by atoms with E-state index in [1.165, 1.54) is 0 Å². The van der Waals surface area contributed by atoms with Gasteiger partial charge in [0.1, 0.15) is 6.10 Å². The Balaban J connectivity index is 3.67. The fourth-order valence-corrected chi connectivity index (χ4v) is 1.20. The number of halogens is 1. The molecule has 0 fully saturated rings. The Morgan fingerprint density at radius 2 is 1.92 bits per heavy atom. The standard InChI is InChI=1S/C3H7ClO6S2/c4-1-3(10-12(7)8)2-9-11(5)6/h3H,1-2H2,(H,5,6)(H,7,8). The van der Waals surface area contributed by atoms with Crippen molar-refractivity contribution in [2.75, 3.05) is 12.5 Å². The van der Waals surface area contributed by atoms with Crippen LogP contribution in [-0.2, 0) is 31.1 Å². The molecule has 0 amide bonds. The average molecular weight is 239 g/mol. The average Bonchev–Trinajstić information content (AvgIpc) is 1.97. The Morgan fingerprint density at radius 3 is 2.25 bits per heavy atom. The summed E-state index contributed by atoms with van der Waals surface area (Å²) in [6, 6.07) is 0. The topological polar surface area (TPSA) is 93.1 Å².